The lowest BCUT2D eigenvalue weighted by molar-refractivity contribution is -0.219. The summed E-state index contributed by atoms with van der Waals surface area (Å²) in [5.41, 5.74) is 8.83. The summed E-state index contributed by atoms with van der Waals surface area (Å²) in [6.07, 6.45) is -7.74. The molecule has 2 aliphatic rings. The number of nitrogens with zero attached hydrogens (tertiary/aromatic N) is 6. The third-order valence-electron chi connectivity index (χ3n) is 7.08. The Morgan fingerprint density at radius 3 is 1.96 bits per heavy atom. The Kier molecular flexibility index (Phi) is 14.8. The number of aliphatic hydroxyl groups is 6. The number of hydrogen-bond acceptors (Lipinski definition) is 15. The van der Waals surface area contributed by atoms with Crippen LogP contribution in [0.4, 0.5) is 0 Å². The van der Waals surface area contributed by atoms with Crippen LogP contribution in [0.3, 0.4) is 0 Å². The van der Waals surface area contributed by atoms with E-state index in [0.717, 1.165) is 0 Å². The average Bonchev–Trinajstić information content (AvgIpc) is 3.46. The lowest BCUT2D eigenvalue weighted by Gasteiger charge is -2.42. The number of ether oxygens (including phenoxy) is 2. The van der Waals surface area contributed by atoms with Crippen molar-refractivity contribution in [3.05, 3.63) is 22.3 Å². The molecule has 1 aromatic heterocycles. The van der Waals surface area contributed by atoms with Crippen LogP contribution in [0.2, 0.25) is 0 Å². The Balaban J connectivity index is 0.000000368. The first kappa shape index (κ1) is 38.4. The Labute approximate surface area is 262 Å². The molecule has 1 aromatic rings. The second kappa shape index (κ2) is 17.8. The standard InChI is InChI=1S/C17H27N5O7.C8H14N4O5/c1-8(24)12(18-9(2)25)5-4-11-6-22(21-20-11)17-14(19-10(3)26)16(28)15(27)13(7-23)29-17;1-3(14)10-5-7(16)6(15)4(2-13)17-8(5)11-12-9/h6,12-17,23,27-28H,4-5,7H2,1-3H3,(H,18,25)(H,19,26);4-8,13,15-16H,2H2,1H3,(H,10,14)/t12-,13?,14?,15+,16+,17+;4?,5?,6-,7-,8-/m01/s1. The van der Waals surface area contributed by atoms with Gasteiger partial charge in [-0.3, -0.25) is 19.2 Å². The number of nitrogens with one attached hydrogen (secondary N) is 3. The molecule has 3 heterocycles. The number of aliphatic hydroxyl groups excluding tert-OH is 6. The summed E-state index contributed by atoms with van der Waals surface area (Å²) in [5.74, 6) is -1.41. The highest BCUT2D eigenvalue weighted by atomic mass is 16.5. The van der Waals surface area contributed by atoms with Gasteiger partial charge in [0.15, 0.2) is 18.2 Å². The largest absolute Gasteiger partial charge is 0.394 e. The molecule has 2 aliphatic heterocycles. The normalized spacial score (nSPS) is 31.3. The van der Waals surface area contributed by atoms with E-state index in [9.17, 15) is 44.7 Å². The molecule has 0 radical (unpaired) electrons. The molecule has 21 nitrogen and oxygen atoms in total. The van der Waals surface area contributed by atoms with Gasteiger partial charge in [0.2, 0.25) is 17.7 Å². The van der Waals surface area contributed by atoms with E-state index in [1.807, 2.05) is 0 Å². The molecule has 0 spiro atoms. The van der Waals surface area contributed by atoms with E-state index < -0.39 is 92.2 Å². The van der Waals surface area contributed by atoms with E-state index in [1.54, 1.807) is 0 Å². The molecule has 0 saturated carbocycles. The van der Waals surface area contributed by atoms with Crippen LogP contribution < -0.4 is 16.0 Å². The number of azide groups is 1. The van der Waals surface area contributed by atoms with Crippen molar-refractivity contribution in [2.24, 2.45) is 5.11 Å². The third-order valence-corrected chi connectivity index (χ3v) is 7.08. The van der Waals surface area contributed by atoms with E-state index in [1.165, 1.54) is 38.6 Å². The van der Waals surface area contributed by atoms with Crippen LogP contribution in [0.25, 0.3) is 10.4 Å². The third kappa shape index (κ3) is 10.4. The Morgan fingerprint density at radius 1 is 0.913 bits per heavy atom. The van der Waals surface area contributed by atoms with E-state index in [4.69, 9.17) is 20.1 Å². The fraction of sp³-hybridized carbons (Fsp3) is 0.760. The molecule has 2 fully saturated rings. The van der Waals surface area contributed by atoms with Crippen LogP contribution in [0.5, 0.6) is 0 Å². The molecule has 3 amide bonds. The molecular weight excluding hydrogens is 618 g/mol. The van der Waals surface area contributed by atoms with Crippen molar-refractivity contribution in [1.82, 2.24) is 30.9 Å². The number of aryl methyl sites for hydroxylation is 1. The minimum absolute atomic E-state index is 0.183. The number of rotatable bonds is 11. The molecule has 0 bridgehead atoms. The smallest absolute Gasteiger partial charge is 0.217 e. The first-order valence-corrected chi connectivity index (χ1v) is 14.2. The molecule has 46 heavy (non-hydrogen) atoms. The molecule has 0 aromatic carbocycles. The zero-order valence-corrected chi connectivity index (χ0v) is 25.6. The van der Waals surface area contributed by atoms with Gasteiger partial charge in [-0.1, -0.05) is 10.3 Å². The maximum Gasteiger partial charge on any atom is 0.217 e. The summed E-state index contributed by atoms with van der Waals surface area (Å²) in [6, 6.07) is -2.73. The van der Waals surface area contributed by atoms with Crippen molar-refractivity contribution < 1.29 is 59.3 Å². The van der Waals surface area contributed by atoms with Gasteiger partial charge in [0.25, 0.3) is 0 Å². The molecule has 4 unspecified atom stereocenters. The van der Waals surface area contributed by atoms with E-state index >= 15 is 0 Å². The van der Waals surface area contributed by atoms with Crippen molar-refractivity contribution >= 4 is 23.5 Å². The minimum atomic E-state index is -1.40. The van der Waals surface area contributed by atoms with Gasteiger partial charge in [-0.05, 0) is 25.3 Å². The van der Waals surface area contributed by atoms with Gasteiger partial charge < -0.3 is 56.1 Å². The first-order chi connectivity index (χ1) is 21.6. The van der Waals surface area contributed by atoms with Gasteiger partial charge in [-0.2, -0.15) is 0 Å². The topological polar surface area (TPSA) is 324 Å². The average molecular weight is 660 g/mol. The first-order valence-electron chi connectivity index (χ1n) is 14.2. The second-order valence-electron chi connectivity index (χ2n) is 10.7. The molecule has 21 heteroatoms. The number of carbonyl (C=O) groups excluding carboxylic acids is 4. The Morgan fingerprint density at radius 2 is 1.46 bits per heavy atom. The maximum atomic E-state index is 11.6. The van der Waals surface area contributed by atoms with Gasteiger partial charge in [0.1, 0.15) is 42.7 Å². The van der Waals surface area contributed by atoms with Gasteiger partial charge in [-0.25, -0.2) is 4.68 Å². The van der Waals surface area contributed by atoms with E-state index in [0.29, 0.717) is 18.5 Å². The van der Waals surface area contributed by atoms with Gasteiger partial charge in [0, 0.05) is 25.7 Å². The van der Waals surface area contributed by atoms with Crippen LogP contribution in [0, 0.1) is 0 Å². The SMILES string of the molecule is CC(=O)NC1[C@@H](O)[C@H](O)C(CO)O[C@H]1n1cc(CC[C@H](NC(C)=O)C(C)=O)nn1.CC(=O)NC1[C@H](N=[N+]=[N-])OC(CO)[C@@H](O)[C@@H]1O. The molecule has 3 rings (SSSR count). The second-order valence-corrected chi connectivity index (χ2v) is 10.7. The van der Waals surface area contributed by atoms with Crippen LogP contribution in [-0.2, 0) is 35.1 Å². The number of amides is 3. The molecule has 9 N–H and O–H groups in total. The van der Waals surface area contributed by atoms with Crippen molar-refractivity contribution in [3.63, 3.8) is 0 Å². The van der Waals surface area contributed by atoms with Crippen molar-refractivity contribution in [2.75, 3.05) is 13.2 Å². The van der Waals surface area contributed by atoms with Crippen LogP contribution in [0.15, 0.2) is 11.3 Å². The number of ketones is 1. The zero-order chi connectivity index (χ0) is 34.7. The minimum Gasteiger partial charge on any atom is -0.394 e. The van der Waals surface area contributed by atoms with Gasteiger partial charge in [-0.15, -0.1) is 5.10 Å². The highest BCUT2D eigenvalue weighted by Gasteiger charge is 2.46. The number of aromatic nitrogens is 3. The molecule has 258 valence electrons. The summed E-state index contributed by atoms with van der Waals surface area (Å²) in [7, 11) is 0. The monoisotopic (exact) mass is 659 g/mol. The van der Waals surface area contributed by atoms with Gasteiger partial charge in [0.05, 0.1) is 37.2 Å². The summed E-state index contributed by atoms with van der Waals surface area (Å²) < 4.78 is 12.0. The molecule has 2 saturated heterocycles. The number of hydrogen-bond donors (Lipinski definition) is 9. The molecule has 0 aliphatic carbocycles. The molecule has 11 atom stereocenters. The predicted molar refractivity (Wildman–Crippen MR) is 152 cm³/mol. The lowest BCUT2D eigenvalue weighted by atomic mass is 9.96. The van der Waals surface area contributed by atoms with Crippen LogP contribution in [-0.4, -0.2) is 143 Å². The predicted octanol–water partition coefficient (Wildman–Crippen LogP) is -4.34. The zero-order valence-electron chi connectivity index (χ0n) is 25.6. The summed E-state index contributed by atoms with van der Waals surface area (Å²) in [4.78, 5) is 47.8. The highest BCUT2D eigenvalue weighted by molar-refractivity contribution is 5.86. The number of Topliss-reactive ketones (excluding diaryl/α,β-unsaturated/α-hetero) is 1. The highest BCUT2D eigenvalue weighted by Crippen LogP contribution is 2.28. The molecular formula is C25H41N9O12. The summed E-state index contributed by atoms with van der Waals surface area (Å²) in [6.45, 7) is 4.09. The fourth-order valence-electron chi connectivity index (χ4n) is 4.82. The van der Waals surface area contributed by atoms with Crippen molar-refractivity contribution in [3.8, 4) is 0 Å². The Hall–Kier alpha value is -3.79. The Bertz CT molecular complexity index is 1240. The maximum absolute atomic E-state index is 11.6. The number of carbonyl (C=O) groups is 4. The fourth-order valence-corrected chi connectivity index (χ4v) is 4.82. The lowest BCUT2D eigenvalue weighted by Crippen LogP contribution is -2.63. The van der Waals surface area contributed by atoms with E-state index in [2.05, 4.69) is 36.3 Å². The van der Waals surface area contributed by atoms with Crippen LogP contribution >= 0.6 is 0 Å². The summed E-state index contributed by atoms with van der Waals surface area (Å²) in [5, 5.41) is 76.7. The van der Waals surface area contributed by atoms with Crippen molar-refractivity contribution in [1.29, 1.82) is 0 Å². The van der Waals surface area contributed by atoms with Crippen molar-refractivity contribution in [2.45, 2.75) is 108 Å². The van der Waals surface area contributed by atoms with Crippen LogP contribution in [0.1, 0.15) is 46.0 Å². The van der Waals surface area contributed by atoms with Gasteiger partial charge >= 0.3 is 0 Å². The quantitative estimate of drug-likeness (QED) is 0.0616. The summed E-state index contributed by atoms with van der Waals surface area (Å²) >= 11 is 0. The van der Waals surface area contributed by atoms with E-state index in [-0.39, 0.29) is 11.7 Å².